The number of nitrogens with one attached hydrogen (secondary N) is 1. The predicted octanol–water partition coefficient (Wildman–Crippen LogP) is -0.406. The molecule has 0 aromatic carbocycles. The number of hydrogen-bond donors (Lipinski definition) is 2. The smallest absolute Gasteiger partial charge is 0.324 e. The quantitative estimate of drug-likeness (QED) is 0.629. The number of piperazine rings is 1. The van der Waals surface area contributed by atoms with Gasteiger partial charge in [-0.15, -0.1) is 0 Å². The fourth-order valence-corrected chi connectivity index (χ4v) is 1.84. The Bertz CT molecular complexity index is 221. The Morgan fingerprint density at radius 1 is 1.69 bits per heavy atom. The largest absolute Gasteiger partial charge is 0.465 e. The third kappa shape index (κ3) is 4.08. The van der Waals surface area contributed by atoms with Crippen LogP contribution in [0.5, 0.6) is 0 Å². The standard InChI is InChI=1S/C11H22N2O3/c1-3-16-11(15)10-8-12-5-7-13(10)6-4-9(2)14/h9-10,12,14H,3-8H2,1-2H3. The third-order valence-corrected chi connectivity index (χ3v) is 2.75. The molecule has 0 saturated carbocycles. The van der Waals surface area contributed by atoms with Gasteiger partial charge in [0.2, 0.25) is 0 Å². The van der Waals surface area contributed by atoms with E-state index in [1.165, 1.54) is 0 Å². The number of hydrogen-bond acceptors (Lipinski definition) is 5. The van der Waals surface area contributed by atoms with E-state index in [0.717, 1.165) is 19.6 Å². The number of carbonyl (C=O) groups excluding carboxylic acids is 1. The summed E-state index contributed by atoms with van der Waals surface area (Å²) in [5.74, 6) is -0.166. The van der Waals surface area contributed by atoms with E-state index in [0.29, 0.717) is 19.6 Å². The fraction of sp³-hybridized carbons (Fsp3) is 0.909. The molecule has 0 aromatic rings. The maximum Gasteiger partial charge on any atom is 0.324 e. The molecule has 2 N–H and O–H groups in total. The Morgan fingerprint density at radius 3 is 3.06 bits per heavy atom. The summed E-state index contributed by atoms with van der Waals surface area (Å²) in [6.45, 7) is 7.09. The van der Waals surface area contributed by atoms with E-state index < -0.39 is 0 Å². The zero-order valence-corrected chi connectivity index (χ0v) is 10.1. The van der Waals surface area contributed by atoms with Crippen molar-refractivity contribution in [2.45, 2.75) is 32.4 Å². The molecule has 1 aliphatic heterocycles. The zero-order valence-electron chi connectivity index (χ0n) is 10.1. The molecule has 0 amide bonds. The van der Waals surface area contributed by atoms with E-state index in [2.05, 4.69) is 10.2 Å². The van der Waals surface area contributed by atoms with Gasteiger partial charge >= 0.3 is 5.97 Å². The lowest BCUT2D eigenvalue weighted by Crippen LogP contribution is -2.55. The fourth-order valence-electron chi connectivity index (χ4n) is 1.84. The Hall–Kier alpha value is -0.650. The molecule has 0 radical (unpaired) electrons. The maximum absolute atomic E-state index is 11.7. The van der Waals surface area contributed by atoms with Gasteiger partial charge in [-0.2, -0.15) is 0 Å². The second-order valence-electron chi connectivity index (χ2n) is 4.15. The lowest BCUT2D eigenvalue weighted by Gasteiger charge is -2.34. The number of aliphatic hydroxyl groups excluding tert-OH is 1. The Kier molecular flexibility index (Phi) is 5.73. The molecule has 16 heavy (non-hydrogen) atoms. The molecule has 1 aliphatic rings. The van der Waals surface area contributed by atoms with Crippen LogP contribution in [-0.4, -0.2) is 60.9 Å². The van der Waals surface area contributed by atoms with Crippen molar-refractivity contribution in [2.75, 3.05) is 32.8 Å². The predicted molar refractivity (Wildman–Crippen MR) is 61.2 cm³/mol. The van der Waals surface area contributed by atoms with Crippen LogP contribution < -0.4 is 5.32 Å². The highest BCUT2D eigenvalue weighted by molar-refractivity contribution is 5.76. The van der Waals surface area contributed by atoms with Gasteiger partial charge in [-0.1, -0.05) is 0 Å². The van der Waals surface area contributed by atoms with Gasteiger partial charge in [0, 0.05) is 26.2 Å². The van der Waals surface area contributed by atoms with E-state index in [9.17, 15) is 9.90 Å². The van der Waals surface area contributed by atoms with Gasteiger partial charge in [0.05, 0.1) is 12.7 Å². The van der Waals surface area contributed by atoms with Crippen LogP contribution in [0.15, 0.2) is 0 Å². The highest BCUT2D eigenvalue weighted by Gasteiger charge is 2.29. The molecule has 0 bridgehead atoms. The van der Waals surface area contributed by atoms with Crippen LogP contribution in [0, 0.1) is 0 Å². The molecule has 1 rings (SSSR count). The average molecular weight is 230 g/mol. The van der Waals surface area contributed by atoms with Gasteiger partial charge < -0.3 is 15.2 Å². The van der Waals surface area contributed by atoms with Crippen molar-refractivity contribution >= 4 is 5.97 Å². The molecular formula is C11H22N2O3. The number of esters is 1. The van der Waals surface area contributed by atoms with Gasteiger partial charge in [-0.05, 0) is 20.3 Å². The lowest BCUT2D eigenvalue weighted by atomic mass is 10.1. The van der Waals surface area contributed by atoms with Crippen LogP contribution in [0.25, 0.3) is 0 Å². The Morgan fingerprint density at radius 2 is 2.44 bits per heavy atom. The minimum Gasteiger partial charge on any atom is -0.465 e. The monoisotopic (exact) mass is 230 g/mol. The van der Waals surface area contributed by atoms with Crippen molar-refractivity contribution in [1.82, 2.24) is 10.2 Å². The molecule has 1 heterocycles. The van der Waals surface area contributed by atoms with E-state index in [-0.39, 0.29) is 18.1 Å². The van der Waals surface area contributed by atoms with Crippen LogP contribution in [0.2, 0.25) is 0 Å². The number of nitrogens with zero attached hydrogens (tertiary/aromatic N) is 1. The Balaban J connectivity index is 2.46. The number of ether oxygens (including phenoxy) is 1. The molecule has 0 aromatic heterocycles. The van der Waals surface area contributed by atoms with Crippen LogP contribution >= 0.6 is 0 Å². The van der Waals surface area contributed by atoms with Gasteiger partial charge in [0.15, 0.2) is 0 Å². The summed E-state index contributed by atoms with van der Waals surface area (Å²) in [4.78, 5) is 13.8. The van der Waals surface area contributed by atoms with Crippen molar-refractivity contribution in [3.05, 3.63) is 0 Å². The summed E-state index contributed by atoms with van der Waals surface area (Å²) in [7, 11) is 0. The molecule has 1 saturated heterocycles. The molecule has 0 spiro atoms. The molecule has 2 atom stereocenters. The Labute approximate surface area is 96.8 Å². The van der Waals surface area contributed by atoms with E-state index in [1.807, 2.05) is 6.92 Å². The number of carbonyl (C=O) groups is 1. The normalized spacial score (nSPS) is 24.1. The second kappa shape index (κ2) is 6.83. The first-order valence-electron chi connectivity index (χ1n) is 5.94. The summed E-state index contributed by atoms with van der Waals surface area (Å²) in [6, 6.07) is -0.201. The first-order chi connectivity index (χ1) is 7.65. The highest BCUT2D eigenvalue weighted by Crippen LogP contribution is 2.07. The summed E-state index contributed by atoms with van der Waals surface area (Å²) >= 11 is 0. The van der Waals surface area contributed by atoms with Gasteiger partial charge in [-0.25, -0.2) is 0 Å². The van der Waals surface area contributed by atoms with Crippen molar-refractivity contribution in [1.29, 1.82) is 0 Å². The number of aliphatic hydroxyl groups is 1. The maximum atomic E-state index is 11.7. The molecular weight excluding hydrogens is 208 g/mol. The van der Waals surface area contributed by atoms with Crippen molar-refractivity contribution in [3.63, 3.8) is 0 Å². The SMILES string of the molecule is CCOC(=O)C1CNCCN1CCC(C)O. The van der Waals surface area contributed by atoms with Gasteiger partial charge in [-0.3, -0.25) is 9.69 Å². The third-order valence-electron chi connectivity index (χ3n) is 2.75. The first kappa shape index (κ1) is 13.4. The molecule has 94 valence electrons. The van der Waals surface area contributed by atoms with Crippen LogP contribution in [0.4, 0.5) is 0 Å². The van der Waals surface area contributed by atoms with Crippen LogP contribution in [-0.2, 0) is 9.53 Å². The van der Waals surface area contributed by atoms with Crippen molar-refractivity contribution < 1.29 is 14.6 Å². The first-order valence-corrected chi connectivity index (χ1v) is 5.94. The minimum atomic E-state index is -0.322. The van der Waals surface area contributed by atoms with Crippen molar-refractivity contribution in [2.24, 2.45) is 0 Å². The van der Waals surface area contributed by atoms with Crippen LogP contribution in [0.1, 0.15) is 20.3 Å². The molecule has 0 aliphatic carbocycles. The lowest BCUT2D eigenvalue weighted by molar-refractivity contribution is -0.150. The summed E-state index contributed by atoms with van der Waals surface area (Å²) < 4.78 is 5.04. The second-order valence-corrected chi connectivity index (χ2v) is 4.15. The van der Waals surface area contributed by atoms with E-state index >= 15 is 0 Å². The summed E-state index contributed by atoms with van der Waals surface area (Å²) in [6.07, 6.45) is 0.369. The topological polar surface area (TPSA) is 61.8 Å². The van der Waals surface area contributed by atoms with E-state index in [1.54, 1.807) is 6.92 Å². The van der Waals surface area contributed by atoms with Crippen LogP contribution in [0.3, 0.4) is 0 Å². The van der Waals surface area contributed by atoms with E-state index in [4.69, 9.17) is 4.74 Å². The number of rotatable bonds is 5. The molecule has 2 unspecified atom stereocenters. The summed E-state index contributed by atoms with van der Waals surface area (Å²) in [5.41, 5.74) is 0. The molecule has 1 fully saturated rings. The molecule has 5 nitrogen and oxygen atoms in total. The minimum absolute atomic E-state index is 0.166. The van der Waals surface area contributed by atoms with Gasteiger partial charge in [0.25, 0.3) is 0 Å². The zero-order chi connectivity index (χ0) is 12.0. The average Bonchev–Trinajstić information content (AvgIpc) is 2.27. The van der Waals surface area contributed by atoms with Crippen molar-refractivity contribution in [3.8, 4) is 0 Å². The highest BCUT2D eigenvalue weighted by atomic mass is 16.5. The van der Waals surface area contributed by atoms with Gasteiger partial charge in [0.1, 0.15) is 6.04 Å². The summed E-state index contributed by atoms with van der Waals surface area (Å²) in [5, 5.41) is 12.4. The molecule has 5 heteroatoms.